The van der Waals surface area contributed by atoms with E-state index in [4.69, 9.17) is 4.74 Å². The fourth-order valence-electron chi connectivity index (χ4n) is 2.82. The van der Waals surface area contributed by atoms with Gasteiger partial charge in [0.05, 0.1) is 31.6 Å². The van der Waals surface area contributed by atoms with Crippen molar-refractivity contribution in [1.29, 1.82) is 0 Å². The maximum atomic E-state index is 12.2. The minimum absolute atomic E-state index is 0.0995. The van der Waals surface area contributed by atoms with Crippen LogP contribution in [0.1, 0.15) is 24.8 Å². The molecule has 1 aliphatic rings. The highest BCUT2D eigenvalue weighted by Gasteiger charge is 2.13. The van der Waals surface area contributed by atoms with Gasteiger partial charge in [0.2, 0.25) is 11.9 Å². The van der Waals surface area contributed by atoms with E-state index in [0.29, 0.717) is 5.69 Å². The average molecular weight is 326 g/mol. The first kappa shape index (κ1) is 16.2. The Morgan fingerprint density at radius 2 is 1.96 bits per heavy atom. The zero-order valence-corrected chi connectivity index (χ0v) is 13.9. The zero-order chi connectivity index (χ0) is 16.8. The molecule has 0 saturated carbocycles. The second-order valence-electron chi connectivity index (χ2n) is 5.90. The SMILES string of the molecule is COc1cccc(CC(=O)Nc2cnc(N3CCCCC3)nc2)c1. The number of methoxy groups -OCH3 is 1. The highest BCUT2D eigenvalue weighted by atomic mass is 16.5. The van der Waals surface area contributed by atoms with Crippen molar-refractivity contribution in [2.45, 2.75) is 25.7 Å². The monoisotopic (exact) mass is 326 g/mol. The molecule has 2 heterocycles. The van der Waals surface area contributed by atoms with Crippen molar-refractivity contribution < 1.29 is 9.53 Å². The Bertz CT molecular complexity index is 682. The molecular formula is C18H22N4O2. The largest absolute Gasteiger partial charge is 0.497 e. The van der Waals surface area contributed by atoms with Gasteiger partial charge in [0.15, 0.2) is 0 Å². The number of aromatic nitrogens is 2. The van der Waals surface area contributed by atoms with Crippen molar-refractivity contribution in [3.8, 4) is 5.75 Å². The molecule has 0 spiro atoms. The van der Waals surface area contributed by atoms with Gasteiger partial charge in [-0.25, -0.2) is 9.97 Å². The quantitative estimate of drug-likeness (QED) is 0.915. The standard InChI is InChI=1S/C18H22N4O2/c1-24-16-7-5-6-14(10-16)11-17(23)21-15-12-19-18(20-13-15)22-8-3-2-4-9-22/h5-7,10,12-13H,2-4,8-9,11H2,1H3,(H,21,23). The molecule has 1 fully saturated rings. The second-order valence-corrected chi connectivity index (χ2v) is 5.90. The molecule has 1 N–H and O–H groups in total. The predicted octanol–water partition coefficient (Wildman–Crippen LogP) is 2.66. The molecular weight excluding hydrogens is 304 g/mol. The summed E-state index contributed by atoms with van der Waals surface area (Å²) in [6.07, 6.45) is 7.26. The average Bonchev–Trinajstić information content (AvgIpc) is 2.63. The Morgan fingerprint density at radius 1 is 1.21 bits per heavy atom. The van der Waals surface area contributed by atoms with Gasteiger partial charge in [0, 0.05) is 13.1 Å². The molecule has 1 aromatic carbocycles. The van der Waals surface area contributed by atoms with Crippen LogP contribution in [-0.4, -0.2) is 36.1 Å². The van der Waals surface area contributed by atoms with Gasteiger partial charge in [-0.05, 0) is 37.0 Å². The Morgan fingerprint density at radius 3 is 2.67 bits per heavy atom. The summed E-state index contributed by atoms with van der Waals surface area (Å²) in [4.78, 5) is 23.1. The third-order valence-corrected chi connectivity index (χ3v) is 4.06. The molecule has 3 rings (SSSR count). The van der Waals surface area contributed by atoms with Crippen LogP contribution >= 0.6 is 0 Å². The van der Waals surface area contributed by atoms with Crippen LogP contribution in [0.25, 0.3) is 0 Å². The summed E-state index contributed by atoms with van der Waals surface area (Å²) in [7, 11) is 1.61. The number of carbonyl (C=O) groups is 1. The van der Waals surface area contributed by atoms with E-state index in [2.05, 4.69) is 20.2 Å². The van der Waals surface area contributed by atoms with Gasteiger partial charge in [-0.3, -0.25) is 4.79 Å². The molecule has 24 heavy (non-hydrogen) atoms. The van der Waals surface area contributed by atoms with Crippen LogP contribution in [0.5, 0.6) is 5.75 Å². The Kier molecular flexibility index (Phi) is 5.25. The van der Waals surface area contributed by atoms with Crippen LogP contribution in [0, 0.1) is 0 Å². The number of carbonyl (C=O) groups excluding carboxylic acids is 1. The number of nitrogens with zero attached hydrogens (tertiary/aromatic N) is 3. The van der Waals surface area contributed by atoms with Crippen LogP contribution in [0.2, 0.25) is 0 Å². The third-order valence-electron chi connectivity index (χ3n) is 4.06. The van der Waals surface area contributed by atoms with Crippen molar-refractivity contribution in [3.63, 3.8) is 0 Å². The zero-order valence-electron chi connectivity index (χ0n) is 13.9. The van der Waals surface area contributed by atoms with Crippen molar-refractivity contribution >= 4 is 17.5 Å². The maximum absolute atomic E-state index is 12.2. The fourth-order valence-corrected chi connectivity index (χ4v) is 2.82. The summed E-state index contributed by atoms with van der Waals surface area (Å²) in [5.74, 6) is 1.38. The van der Waals surface area contributed by atoms with Crippen LogP contribution in [0.4, 0.5) is 11.6 Å². The summed E-state index contributed by atoms with van der Waals surface area (Å²) in [6, 6.07) is 7.49. The van der Waals surface area contributed by atoms with Crippen molar-refractivity contribution in [1.82, 2.24) is 9.97 Å². The van der Waals surface area contributed by atoms with Gasteiger partial charge in [0.1, 0.15) is 5.75 Å². The minimum atomic E-state index is -0.0995. The Hall–Kier alpha value is -2.63. The Balaban J connectivity index is 1.57. The fraction of sp³-hybridized carbons (Fsp3) is 0.389. The van der Waals surface area contributed by atoms with Crippen molar-refractivity contribution in [2.24, 2.45) is 0 Å². The highest BCUT2D eigenvalue weighted by Crippen LogP contribution is 2.17. The summed E-state index contributed by atoms with van der Waals surface area (Å²) in [6.45, 7) is 2.00. The molecule has 0 aliphatic carbocycles. The number of rotatable bonds is 5. The van der Waals surface area contributed by atoms with Crippen LogP contribution in [0.3, 0.4) is 0 Å². The van der Waals surface area contributed by atoms with Crippen LogP contribution in [0.15, 0.2) is 36.7 Å². The number of amides is 1. The van der Waals surface area contributed by atoms with E-state index in [9.17, 15) is 4.79 Å². The number of hydrogen-bond donors (Lipinski definition) is 1. The molecule has 1 aromatic heterocycles. The van der Waals surface area contributed by atoms with E-state index in [1.54, 1.807) is 19.5 Å². The van der Waals surface area contributed by atoms with Gasteiger partial charge in [-0.1, -0.05) is 12.1 Å². The third kappa shape index (κ3) is 4.22. The molecule has 126 valence electrons. The molecule has 6 nitrogen and oxygen atoms in total. The Labute approximate surface area is 141 Å². The lowest BCUT2D eigenvalue weighted by Crippen LogP contribution is -2.30. The first-order valence-electron chi connectivity index (χ1n) is 8.24. The number of anilines is 2. The van der Waals surface area contributed by atoms with Gasteiger partial charge in [-0.15, -0.1) is 0 Å². The van der Waals surface area contributed by atoms with Crippen LogP contribution < -0.4 is 15.0 Å². The maximum Gasteiger partial charge on any atom is 0.228 e. The smallest absolute Gasteiger partial charge is 0.228 e. The number of ether oxygens (including phenoxy) is 1. The summed E-state index contributed by atoms with van der Waals surface area (Å²) in [5.41, 5.74) is 1.52. The van der Waals surface area contributed by atoms with E-state index in [0.717, 1.165) is 30.4 Å². The van der Waals surface area contributed by atoms with Gasteiger partial charge in [-0.2, -0.15) is 0 Å². The predicted molar refractivity (Wildman–Crippen MR) is 93.4 cm³/mol. The molecule has 1 amide bonds. The molecule has 0 unspecified atom stereocenters. The number of nitrogens with one attached hydrogen (secondary N) is 1. The number of hydrogen-bond acceptors (Lipinski definition) is 5. The number of benzene rings is 1. The topological polar surface area (TPSA) is 67.3 Å². The second kappa shape index (κ2) is 7.77. The first-order valence-corrected chi connectivity index (χ1v) is 8.24. The summed E-state index contributed by atoms with van der Waals surface area (Å²) < 4.78 is 5.17. The van der Waals surface area contributed by atoms with Gasteiger partial charge >= 0.3 is 0 Å². The van der Waals surface area contributed by atoms with Gasteiger partial charge < -0.3 is 15.0 Å². The van der Waals surface area contributed by atoms with Crippen molar-refractivity contribution in [3.05, 3.63) is 42.2 Å². The lowest BCUT2D eigenvalue weighted by Gasteiger charge is -2.26. The molecule has 0 radical (unpaired) electrons. The van der Waals surface area contributed by atoms with E-state index in [1.807, 2.05) is 24.3 Å². The molecule has 0 bridgehead atoms. The van der Waals surface area contributed by atoms with E-state index in [1.165, 1.54) is 19.3 Å². The molecule has 2 aromatic rings. The molecule has 1 aliphatic heterocycles. The van der Waals surface area contributed by atoms with Crippen LogP contribution in [-0.2, 0) is 11.2 Å². The normalized spacial score (nSPS) is 14.3. The lowest BCUT2D eigenvalue weighted by molar-refractivity contribution is -0.115. The number of piperidine rings is 1. The molecule has 6 heteroatoms. The summed E-state index contributed by atoms with van der Waals surface area (Å²) >= 11 is 0. The minimum Gasteiger partial charge on any atom is -0.497 e. The molecule has 1 saturated heterocycles. The summed E-state index contributed by atoms with van der Waals surface area (Å²) in [5, 5.41) is 2.83. The van der Waals surface area contributed by atoms with E-state index >= 15 is 0 Å². The van der Waals surface area contributed by atoms with Gasteiger partial charge in [0.25, 0.3) is 0 Å². The molecule has 0 atom stereocenters. The van der Waals surface area contributed by atoms with Crippen molar-refractivity contribution in [2.75, 3.05) is 30.4 Å². The highest BCUT2D eigenvalue weighted by molar-refractivity contribution is 5.92. The van der Waals surface area contributed by atoms with E-state index < -0.39 is 0 Å². The van der Waals surface area contributed by atoms with E-state index in [-0.39, 0.29) is 12.3 Å². The lowest BCUT2D eigenvalue weighted by atomic mass is 10.1. The first-order chi connectivity index (χ1) is 11.7.